The number of benzene rings is 1. The number of anilines is 1. The second-order valence-corrected chi connectivity index (χ2v) is 8.41. The Kier molecular flexibility index (Phi) is 8.63. The van der Waals surface area contributed by atoms with E-state index < -0.39 is 44.2 Å². The Morgan fingerprint density at radius 2 is 2.06 bits per heavy atom. The van der Waals surface area contributed by atoms with Gasteiger partial charge in [0, 0.05) is 26.1 Å². The molecule has 1 aromatic carbocycles. The summed E-state index contributed by atoms with van der Waals surface area (Å²) in [6, 6.07) is 7.91. The first-order valence-corrected chi connectivity index (χ1v) is 11.6. The van der Waals surface area contributed by atoms with Crippen molar-refractivity contribution in [3.05, 3.63) is 47.0 Å². The standard InChI is InChI=1S/C20H25N4O9P/c1-12(25)31-15-10-18(24-9-7-17(21)23-20(24)28)32-16(15)11-30-13-4-2-3-5-14(13)33-34(29)22-8-6-19(26)27/h2-5,7,9,15-16,18,34H,6,8,10-11H2,1H3,(H,22,29)(H,26,27)(H2,21,23,28)/t15-,16+,18+/m0/s1. The third-order valence-electron chi connectivity index (χ3n) is 4.72. The molecule has 0 saturated carbocycles. The summed E-state index contributed by atoms with van der Waals surface area (Å²) >= 11 is 0. The van der Waals surface area contributed by atoms with Crippen molar-refractivity contribution >= 4 is 25.9 Å². The molecule has 184 valence electrons. The minimum atomic E-state index is -2.77. The van der Waals surface area contributed by atoms with Gasteiger partial charge in [0.25, 0.3) is 0 Å². The number of carboxylic acids is 1. The highest BCUT2D eigenvalue weighted by molar-refractivity contribution is 7.37. The number of para-hydroxylation sites is 2. The smallest absolute Gasteiger partial charge is 0.351 e. The van der Waals surface area contributed by atoms with E-state index in [1.807, 2.05) is 0 Å². The van der Waals surface area contributed by atoms with Gasteiger partial charge >= 0.3 is 25.8 Å². The van der Waals surface area contributed by atoms with Crippen molar-refractivity contribution in [3.63, 3.8) is 0 Å². The van der Waals surface area contributed by atoms with E-state index in [2.05, 4.69) is 10.1 Å². The molecule has 1 saturated heterocycles. The number of aliphatic carboxylic acids is 1. The van der Waals surface area contributed by atoms with Gasteiger partial charge in [-0.3, -0.25) is 18.7 Å². The van der Waals surface area contributed by atoms with E-state index in [1.165, 1.54) is 29.8 Å². The molecule has 0 spiro atoms. The molecular weight excluding hydrogens is 471 g/mol. The Morgan fingerprint density at radius 3 is 2.74 bits per heavy atom. The highest BCUT2D eigenvalue weighted by atomic mass is 31.1. The zero-order chi connectivity index (χ0) is 24.7. The SMILES string of the molecule is CC(=O)O[C@H]1C[C@H](n2ccc(N)nc2=O)O[C@@H]1COc1ccccc1O[PH](=O)NCCC(=O)O. The first-order valence-electron chi connectivity index (χ1n) is 10.3. The van der Waals surface area contributed by atoms with Crippen LogP contribution in [0.4, 0.5) is 5.82 Å². The molecule has 1 aliphatic heterocycles. The fourth-order valence-corrected chi connectivity index (χ4v) is 4.01. The topological polar surface area (TPSA) is 181 Å². The van der Waals surface area contributed by atoms with Crippen molar-refractivity contribution in [2.24, 2.45) is 0 Å². The summed E-state index contributed by atoms with van der Waals surface area (Å²) in [5, 5.41) is 11.2. The van der Waals surface area contributed by atoms with E-state index in [0.717, 1.165) is 0 Å². The highest BCUT2D eigenvalue weighted by Crippen LogP contribution is 2.35. The zero-order valence-corrected chi connectivity index (χ0v) is 19.2. The summed E-state index contributed by atoms with van der Waals surface area (Å²) in [4.78, 5) is 38.0. The number of esters is 1. The lowest BCUT2D eigenvalue weighted by atomic mass is 10.2. The molecule has 2 heterocycles. The number of aromatic nitrogens is 2. The number of carbonyl (C=O) groups is 2. The van der Waals surface area contributed by atoms with Gasteiger partial charge in [-0.2, -0.15) is 4.98 Å². The second-order valence-electron chi connectivity index (χ2n) is 7.27. The molecule has 0 bridgehead atoms. The molecule has 3 rings (SSSR count). The average molecular weight is 496 g/mol. The number of nitrogen functional groups attached to an aromatic ring is 1. The number of nitrogens with one attached hydrogen (secondary N) is 1. The van der Waals surface area contributed by atoms with Crippen LogP contribution in [-0.2, 0) is 23.6 Å². The van der Waals surface area contributed by atoms with E-state index in [-0.39, 0.29) is 43.3 Å². The monoisotopic (exact) mass is 496 g/mol. The van der Waals surface area contributed by atoms with Crippen molar-refractivity contribution in [2.75, 3.05) is 18.9 Å². The van der Waals surface area contributed by atoms with E-state index in [1.54, 1.807) is 18.2 Å². The maximum atomic E-state index is 12.2. The lowest BCUT2D eigenvalue weighted by molar-refractivity contribution is -0.150. The van der Waals surface area contributed by atoms with Crippen LogP contribution >= 0.6 is 8.18 Å². The Morgan fingerprint density at radius 1 is 1.32 bits per heavy atom. The average Bonchev–Trinajstić information content (AvgIpc) is 3.14. The van der Waals surface area contributed by atoms with Gasteiger partial charge in [-0.05, 0) is 18.2 Å². The predicted molar refractivity (Wildman–Crippen MR) is 119 cm³/mol. The van der Waals surface area contributed by atoms with Crippen molar-refractivity contribution in [2.45, 2.75) is 38.2 Å². The Hall–Kier alpha value is -3.41. The number of carboxylic acid groups (broad SMARTS) is 1. The maximum Gasteiger partial charge on any atom is 0.351 e. The number of nitrogens with two attached hydrogens (primary N) is 1. The Labute approximate surface area is 194 Å². The maximum absolute atomic E-state index is 12.2. The number of hydrogen-bond donors (Lipinski definition) is 3. The van der Waals surface area contributed by atoms with Gasteiger partial charge in [0.05, 0.1) is 6.42 Å². The van der Waals surface area contributed by atoms with Crippen LogP contribution in [0.25, 0.3) is 0 Å². The van der Waals surface area contributed by atoms with E-state index >= 15 is 0 Å². The lowest BCUT2D eigenvalue weighted by Crippen LogP contribution is -2.32. The summed E-state index contributed by atoms with van der Waals surface area (Å²) in [6.07, 6.45) is -0.739. The first-order chi connectivity index (χ1) is 16.2. The quantitative estimate of drug-likeness (QED) is 0.296. The molecule has 34 heavy (non-hydrogen) atoms. The molecule has 14 heteroatoms. The molecule has 1 unspecified atom stereocenters. The fourth-order valence-electron chi connectivity index (χ4n) is 3.24. The van der Waals surface area contributed by atoms with Crippen LogP contribution in [0.1, 0.15) is 26.0 Å². The van der Waals surface area contributed by atoms with E-state index in [9.17, 15) is 18.9 Å². The number of nitrogens with zero attached hydrogens (tertiary/aromatic N) is 2. The second kappa shape index (κ2) is 11.6. The number of ether oxygens (including phenoxy) is 3. The molecular formula is C20H25N4O9P. The van der Waals surface area contributed by atoms with Crippen molar-refractivity contribution < 1.29 is 38.0 Å². The van der Waals surface area contributed by atoms with Crippen molar-refractivity contribution in [3.8, 4) is 11.5 Å². The van der Waals surface area contributed by atoms with Crippen molar-refractivity contribution in [1.29, 1.82) is 0 Å². The Balaban J connectivity index is 1.67. The summed E-state index contributed by atoms with van der Waals surface area (Å²) in [6.45, 7) is 1.18. The van der Waals surface area contributed by atoms with Gasteiger partial charge in [-0.25, -0.2) is 9.88 Å². The van der Waals surface area contributed by atoms with Crippen LogP contribution in [0.15, 0.2) is 41.3 Å². The van der Waals surface area contributed by atoms with Crippen LogP contribution in [0.5, 0.6) is 11.5 Å². The van der Waals surface area contributed by atoms with Gasteiger partial charge in [0.1, 0.15) is 30.9 Å². The van der Waals surface area contributed by atoms with Crippen molar-refractivity contribution in [1.82, 2.24) is 14.6 Å². The van der Waals surface area contributed by atoms with E-state index in [0.29, 0.717) is 0 Å². The molecule has 0 amide bonds. The minimum absolute atomic E-state index is 0.0170. The third-order valence-corrected chi connectivity index (χ3v) is 5.67. The summed E-state index contributed by atoms with van der Waals surface area (Å²) in [7, 11) is -2.77. The molecule has 4 atom stereocenters. The predicted octanol–water partition coefficient (Wildman–Crippen LogP) is 0.956. The van der Waals surface area contributed by atoms with Gasteiger partial charge < -0.3 is 29.6 Å². The number of carbonyl (C=O) groups excluding carboxylic acids is 1. The van der Waals surface area contributed by atoms with Crippen LogP contribution in [0, 0.1) is 0 Å². The third kappa shape index (κ3) is 7.04. The Bertz CT molecular complexity index is 1110. The number of hydrogen-bond acceptors (Lipinski definition) is 10. The fraction of sp³-hybridized carbons (Fsp3) is 0.400. The largest absolute Gasteiger partial charge is 0.487 e. The first kappa shape index (κ1) is 25.2. The molecule has 1 fully saturated rings. The van der Waals surface area contributed by atoms with Gasteiger partial charge in [0.15, 0.2) is 11.5 Å². The molecule has 0 aliphatic carbocycles. The van der Waals surface area contributed by atoms with Crippen LogP contribution in [0.3, 0.4) is 0 Å². The van der Waals surface area contributed by atoms with Crippen LogP contribution in [-0.4, -0.2) is 52.0 Å². The summed E-state index contributed by atoms with van der Waals surface area (Å²) < 4.78 is 35.8. The van der Waals surface area contributed by atoms with Gasteiger partial charge in [0.2, 0.25) is 0 Å². The molecule has 0 radical (unpaired) electrons. The lowest BCUT2D eigenvalue weighted by Gasteiger charge is -2.20. The van der Waals surface area contributed by atoms with Crippen LogP contribution < -0.4 is 25.8 Å². The number of rotatable bonds is 11. The molecule has 1 aromatic heterocycles. The van der Waals surface area contributed by atoms with E-state index in [4.69, 9.17) is 29.6 Å². The van der Waals surface area contributed by atoms with Gasteiger partial charge in [-0.1, -0.05) is 12.1 Å². The summed E-state index contributed by atoms with van der Waals surface area (Å²) in [5.74, 6) is -1.05. The zero-order valence-electron chi connectivity index (χ0n) is 18.2. The molecule has 4 N–H and O–H groups in total. The molecule has 13 nitrogen and oxygen atoms in total. The molecule has 1 aliphatic rings. The normalized spacial score (nSPS) is 20.4. The minimum Gasteiger partial charge on any atom is -0.487 e. The molecule has 2 aromatic rings. The van der Waals surface area contributed by atoms with Crippen LogP contribution in [0.2, 0.25) is 0 Å². The highest BCUT2D eigenvalue weighted by Gasteiger charge is 2.39. The van der Waals surface area contributed by atoms with Gasteiger partial charge in [-0.15, -0.1) is 0 Å². The summed E-state index contributed by atoms with van der Waals surface area (Å²) in [5.41, 5.74) is 4.93.